The summed E-state index contributed by atoms with van der Waals surface area (Å²) in [5.41, 5.74) is 1.91. The Morgan fingerprint density at radius 3 is 2.93 bits per heavy atom. The maximum Gasteiger partial charge on any atom is 0.0699 e. The van der Waals surface area contributed by atoms with Crippen LogP contribution in [0.1, 0.15) is 19.4 Å². The Kier molecular flexibility index (Phi) is 2.04. The molecule has 14 heavy (non-hydrogen) atoms. The summed E-state index contributed by atoms with van der Waals surface area (Å²) in [6, 6.07) is 5.93. The van der Waals surface area contributed by atoms with Gasteiger partial charge in [-0.05, 0) is 12.1 Å². The van der Waals surface area contributed by atoms with Crippen LogP contribution in [0.25, 0.3) is 5.52 Å². The Morgan fingerprint density at radius 2 is 2.21 bits per heavy atom. The molecule has 3 heteroatoms. The molecule has 2 aromatic heterocycles. The molecule has 0 saturated carbocycles. The second-order valence-electron chi connectivity index (χ2n) is 4.13. The first-order chi connectivity index (χ1) is 6.65. The molecule has 0 unspecified atom stereocenters. The largest absolute Gasteiger partial charge is 0.395 e. The van der Waals surface area contributed by atoms with E-state index in [-0.39, 0.29) is 12.0 Å². The predicted octanol–water partition coefficient (Wildman–Crippen LogP) is 1.60. The molecular weight excluding hydrogens is 176 g/mol. The van der Waals surface area contributed by atoms with Crippen LogP contribution in [0.4, 0.5) is 0 Å². The first-order valence-electron chi connectivity index (χ1n) is 4.69. The number of aliphatic hydroxyl groups excluding tert-OH is 1. The second kappa shape index (κ2) is 3.10. The van der Waals surface area contributed by atoms with Gasteiger partial charge in [0.05, 0.1) is 18.3 Å². The molecule has 2 aromatic rings. The summed E-state index contributed by atoms with van der Waals surface area (Å²) in [5.74, 6) is 0. The number of hydrogen-bond donors (Lipinski definition) is 1. The van der Waals surface area contributed by atoms with Crippen molar-refractivity contribution in [1.29, 1.82) is 0 Å². The lowest BCUT2D eigenvalue weighted by Crippen LogP contribution is -2.21. The molecule has 0 atom stereocenters. The van der Waals surface area contributed by atoms with E-state index in [9.17, 15) is 5.11 Å². The number of pyridine rings is 1. The average molecular weight is 190 g/mol. The maximum atomic E-state index is 9.29. The van der Waals surface area contributed by atoms with Crippen LogP contribution in [-0.4, -0.2) is 21.3 Å². The number of fused-ring (bicyclic) bond motifs is 1. The summed E-state index contributed by atoms with van der Waals surface area (Å²) in [6.07, 6.45) is 3.73. The van der Waals surface area contributed by atoms with E-state index in [0.717, 1.165) is 11.1 Å². The van der Waals surface area contributed by atoms with Crippen LogP contribution in [0.15, 0.2) is 30.6 Å². The van der Waals surface area contributed by atoms with Crippen LogP contribution in [0.5, 0.6) is 0 Å². The Balaban J connectivity index is 2.64. The quantitative estimate of drug-likeness (QED) is 0.781. The van der Waals surface area contributed by atoms with E-state index in [1.54, 1.807) is 0 Å². The molecule has 1 N–H and O–H groups in total. The van der Waals surface area contributed by atoms with Gasteiger partial charge in [0.15, 0.2) is 0 Å². The molecule has 0 aromatic carbocycles. The van der Waals surface area contributed by atoms with Gasteiger partial charge < -0.3 is 5.11 Å². The van der Waals surface area contributed by atoms with Gasteiger partial charge in [0.2, 0.25) is 0 Å². The van der Waals surface area contributed by atoms with Crippen LogP contribution in [0, 0.1) is 0 Å². The van der Waals surface area contributed by atoms with Crippen molar-refractivity contribution in [2.45, 2.75) is 19.3 Å². The van der Waals surface area contributed by atoms with Crippen molar-refractivity contribution in [3.8, 4) is 0 Å². The van der Waals surface area contributed by atoms with Gasteiger partial charge in [-0.3, -0.25) is 0 Å². The Hall–Kier alpha value is -1.35. The molecule has 2 heterocycles. The SMILES string of the molecule is CC(C)(CO)c1cnn2ccccc12. The van der Waals surface area contributed by atoms with Crippen LogP contribution in [0.2, 0.25) is 0 Å². The number of aromatic nitrogens is 2. The van der Waals surface area contributed by atoms with Crippen molar-refractivity contribution < 1.29 is 5.11 Å². The Labute approximate surface area is 83.0 Å². The summed E-state index contributed by atoms with van der Waals surface area (Å²) in [4.78, 5) is 0. The predicted molar refractivity (Wildman–Crippen MR) is 55.3 cm³/mol. The van der Waals surface area contributed by atoms with E-state index in [1.165, 1.54) is 0 Å². The lowest BCUT2D eigenvalue weighted by molar-refractivity contribution is 0.219. The van der Waals surface area contributed by atoms with E-state index in [1.807, 2.05) is 49.0 Å². The smallest absolute Gasteiger partial charge is 0.0699 e. The van der Waals surface area contributed by atoms with Crippen molar-refractivity contribution in [2.75, 3.05) is 6.61 Å². The van der Waals surface area contributed by atoms with E-state index < -0.39 is 0 Å². The fourth-order valence-electron chi connectivity index (χ4n) is 1.54. The number of hydrogen-bond acceptors (Lipinski definition) is 2. The third kappa shape index (κ3) is 1.30. The maximum absolute atomic E-state index is 9.29. The zero-order chi connectivity index (χ0) is 10.2. The zero-order valence-corrected chi connectivity index (χ0v) is 8.44. The molecule has 0 aliphatic rings. The monoisotopic (exact) mass is 190 g/mol. The third-order valence-corrected chi connectivity index (χ3v) is 2.55. The van der Waals surface area contributed by atoms with Crippen LogP contribution in [-0.2, 0) is 5.41 Å². The van der Waals surface area contributed by atoms with E-state index in [0.29, 0.717) is 0 Å². The highest BCUT2D eigenvalue weighted by Crippen LogP contribution is 2.26. The fraction of sp³-hybridized carbons (Fsp3) is 0.364. The molecule has 0 amide bonds. The topological polar surface area (TPSA) is 37.5 Å². The van der Waals surface area contributed by atoms with Crippen LogP contribution >= 0.6 is 0 Å². The minimum atomic E-state index is -0.233. The normalized spacial score (nSPS) is 12.2. The second-order valence-corrected chi connectivity index (χ2v) is 4.13. The minimum Gasteiger partial charge on any atom is -0.395 e. The number of aliphatic hydroxyl groups is 1. The number of nitrogens with zero attached hydrogens (tertiary/aromatic N) is 2. The highest BCUT2D eigenvalue weighted by molar-refractivity contribution is 5.56. The molecule has 0 aliphatic carbocycles. The van der Waals surface area contributed by atoms with Crippen molar-refractivity contribution in [2.24, 2.45) is 0 Å². The molecular formula is C11H14N2O. The van der Waals surface area contributed by atoms with Gasteiger partial charge in [0.1, 0.15) is 0 Å². The zero-order valence-electron chi connectivity index (χ0n) is 8.44. The van der Waals surface area contributed by atoms with Gasteiger partial charge in [0, 0.05) is 17.2 Å². The summed E-state index contributed by atoms with van der Waals surface area (Å²) < 4.78 is 1.83. The molecule has 0 bridgehead atoms. The highest BCUT2D eigenvalue weighted by Gasteiger charge is 2.23. The molecule has 0 saturated heterocycles. The summed E-state index contributed by atoms with van der Waals surface area (Å²) in [5, 5.41) is 13.5. The molecule has 2 rings (SSSR count). The molecule has 3 nitrogen and oxygen atoms in total. The number of rotatable bonds is 2. The summed E-state index contributed by atoms with van der Waals surface area (Å²) in [6.45, 7) is 4.15. The minimum absolute atomic E-state index is 0.128. The van der Waals surface area contributed by atoms with Crippen molar-refractivity contribution in [3.63, 3.8) is 0 Å². The molecule has 0 radical (unpaired) electrons. The van der Waals surface area contributed by atoms with Crippen molar-refractivity contribution in [3.05, 3.63) is 36.2 Å². The molecule has 0 aliphatic heterocycles. The summed E-state index contributed by atoms with van der Waals surface area (Å²) in [7, 11) is 0. The molecule has 0 spiro atoms. The van der Waals surface area contributed by atoms with E-state index in [4.69, 9.17) is 0 Å². The first-order valence-corrected chi connectivity index (χ1v) is 4.69. The molecule has 0 fully saturated rings. The van der Waals surface area contributed by atoms with E-state index in [2.05, 4.69) is 5.10 Å². The fourth-order valence-corrected chi connectivity index (χ4v) is 1.54. The van der Waals surface area contributed by atoms with Gasteiger partial charge in [-0.1, -0.05) is 19.9 Å². The van der Waals surface area contributed by atoms with Gasteiger partial charge in [-0.25, -0.2) is 4.52 Å². The van der Waals surface area contributed by atoms with Gasteiger partial charge in [-0.2, -0.15) is 5.10 Å². The third-order valence-electron chi connectivity index (χ3n) is 2.55. The highest BCUT2D eigenvalue weighted by atomic mass is 16.3. The molecule has 74 valence electrons. The Morgan fingerprint density at radius 1 is 1.43 bits per heavy atom. The van der Waals surface area contributed by atoms with Crippen molar-refractivity contribution in [1.82, 2.24) is 9.61 Å². The summed E-state index contributed by atoms with van der Waals surface area (Å²) >= 11 is 0. The Bertz CT molecular complexity index is 445. The van der Waals surface area contributed by atoms with Crippen molar-refractivity contribution >= 4 is 5.52 Å². The lowest BCUT2D eigenvalue weighted by Gasteiger charge is -2.20. The standard InChI is InChI=1S/C11H14N2O/c1-11(2,8-14)9-7-12-13-6-4-3-5-10(9)13/h3-7,14H,8H2,1-2H3. The van der Waals surface area contributed by atoms with Crippen LogP contribution < -0.4 is 0 Å². The van der Waals surface area contributed by atoms with E-state index >= 15 is 0 Å². The first kappa shape index (κ1) is 9.21. The lowest BCUT2D eigenvalue weighted by atomic mass is 9.86. The van der Waals surface area contributed by atoms with Gasteiger partial charge in [0.25, 0.3) is 0 Å². The average Bonchev–Trinajstić information content (AvgIpc) is 2.61. The van der Waals surface area contributed by atoms with Crippen LogP contribution in [0.3, 0.4) is 0 Å². The van der Waals surface area contributed by atoms with Gasteiger partial charge >= 0.3 is 0 Å². The van der Waals surface area contributed by atoms with Gasteiger partial charge in [-0.15, -0.1) is 0 Å².